The number of fused-ring (bicyclic) bond motifs is 1. The summed E-state index contributed by atoms with van der Waals surface area (Å²) in [5.74, 6) is 1.06. The number of amides is 1. The number of aromatic nitrogens is 3. The first-order valence-electron chi connectivity index (χ1n) is 10.4. The van der Waals surface area contributed by atoms with Gasteiger partial charge in [0.05, 0.1) is 0 Å². The van der Waals surface area contributed by atoms with E-state index in [0.717, 1.165) is 22.2 Å². The summed E-state index contributed by atoms with van der Waals surface area (Å²) in [6, 6.07) is 17.6. The van der Waals surface area contributed by atoms with Gasteiger partial charge in [-0.3, -0.25) is 0 Å². The Kier molecular flexibility index (Phi) is 6.50. The summed E-state index contributed by atoms with van der Waals surface area (Å²) in [5, 5.41) is 12.8. The molecule has 0 aliphatic heterocycles. The molecule has 0 spiro atoms. The van der Waals surface area contributed by atoms with E-state index >= 15 is 0 Å². The van der Waals surface area contributed by atoms with E-state index in [0.29, 0.717) is 17.5 Å². The van der Waals surface area contributed by atoms with Crippen molar-refractivity contribution < 1.29 is 13.9 Å². The predicted octanol–water partition coefficient (Wildman–Crippen LogP) is 5.65. The number of carbonyl (C=O) groups excluding carboxylic acids is 1. The lowest BCUT2D eigenvalue weighted by Crippen LogP contribution is -2.36. The zero-order chi connectivity index (χ0) is 22.6. The molecule has 1 atom stereocenters. The number of aromatic amines is 1. The highest BCUT2D eigenvalue weighted by Crippen LogP contribution is 2.27. The summed E-state index contributed by atoms with van der Waals surface area (Å²) in [6.45, 7) is 5.48. The Labute approximate surface area is 191 Å². The second-order valence-electron chi connectivity index (χ2n) is 8.44. The van der Waals surface area contributed by atoms with Crippen molar-refractivity contribution in [3.63, 3.8) is 0 Å². The number of carbonyl (C=O) groups is 1. The summed E-state index contributed by atoms with van der Waals surface area (Å²) in [6.07, 6.45) is 1.89. The molecule has 166 valence electrons. The van der Waals surface area contributed by atoms with E-state index in [1.54, 1.807) is 0 Å². The number of benzene rings is 2. The van der Waals surface area contributed by atoms with Crippen LogP contribution in [0.5, 0.6) is 0 Å². The number of thioether (sulfide) groups is 1. The first-order chi connectivity index (χ1) is 15.4. The minimum atomic E-state index is -0.610. The number of rotatable bonds is 7. The van der Waals surface area contributed by atoms with Gasteiger partial charge in [0.2, 0.25) is 5.89 Å². The molecule has 7 nitrogen and oxygen atoms in total. The Morgan fingerprint density at radius 2 is 1.88 bits per heavy atom. The van der Waals surface area contributed by atoms with Gasteiger partial charge in [-0.25, -0.2) is 4.79 Å². The summed E-state index contributed by atoms with van der Waals surface area (Å²) in [5.41, 5.74) is 2.63. The van der Waals surface area contributed by atoms with E-state index in [-0.39, 0.29) is 0 Å². The van der Waals surface area contributed by atoms with Gasteiger partial charge >= 0.3 is 6.09 Å². The first kappa shape index (κ1) is 22.0. The van der Waals surface area contributed by atoms with E-state index in [4.69, 9.17) is 9.15 Å². The van der Waals surface area contributed by atoms with Gasteiger partial charge in [-0.1, -0.05) is 60.3 Å². The van der Waals surface area contributed by atoms with Crippen LogP contribution in [0, 0.1) is 0 Å². The van der Waals surface area contributed by atoms with E-state index in [1.165, 1.54) is 17.3 Å². The molecule has 2 aromatic heterocycles. The first-order valence-corrected chi connectivity index (χ1v) is 11.4. The van der Waals surface area contributed by atoms with Crippen LogP contribution in [0.4, 0.5) is 4.79 Å². The molecule has 8 heteroatoms. The predicted molar refractivity (Wildman–Crippen MR) is 124 cm³/mol. The maximum atomic E-state index is 12.5. The van der Waals surface area contributed by atoms with Crippen molar-refractivity contribution in [2.24, 2.45) is 0 Å². The van der Waals surface area contributed by atoms with E-state index < -0.39 is 17.7 Å². The van der Waals surface area contributed by atoms with Crippen molar-refractivity contribution in [1.29, 1.82) is 0 Å². The molecule has 32 heavy (non-hydrogen) atoms. The number of para-hydroxylation sites is 1. The second kappa shape index (κ2) is 9.48. The van der Waals surface area contributed by atoms with Crippen LogP contribution in [0.15, 0.2) is 70.4 Å². The quantitative estimate of drug-likeness (QED) is 0.353. The smallest absolute Gasteiger partial charge is 0.408 e. The van der Waals surface area contributed by atoms with Crippen molar-refractivity contribution >= 4 is 28.8 Å². The Bertz CT molecular complexity index is 1180. The third kappa shape index (κ3) is 5.70. The van der Waals surface area contributed by atoms with Gasteiger partial charge in [0.1, 0.15) is 11.6 Å². The molecule has 0 radical (unpaired) electrons. The molecule has 0 unspecified atom stereocenters. The molecular weight excluding hydrogens is 424 g/mol. The van der Waals surface area contributed by atoms with E-state index in [9.17, 15) is 4.79 Å². The van der Waals surface area contributed by atoms with Crippen LogP contribution in [0.2, 0.25) is 0 Å². The summed E-state index contributed by atoms with van der Waals surface area (Å²) in [7, 11) is 0. The van der Waals surface area contributed by atoms with E-state index in [2.05, 4.69) is 20.5 Å². The van der Waals surface area contributed by atoms with Crippen LogP contribution < -0.4 is 5.32 Å². The highest BCUT2D eigenvalue weighted by molar-refractivity contribution is 7.98. The number of hydrogen-bond acceptors (Lipinski definition) is 6. The molecule has 0 saturated carbocycles. The van der Waals surface area contributed by atoms with Gasteiger partial charge < -0.3 is 19.5 Å². The summed E-state index contributed by atoms with van der Waals surface area (Å²) in [4.78, 5) is 15.8. The van der Waals surface area contributed by atoms with Crippen molar-refractivity contribution in [3.05, 3.63) is 77.8 Å². The average molecular weight is 451 g/mol. The van der Waals surface area contributed by atoms with Gasteiger partial charge in [0.25, 0.3) is 5.22 Å². The van der Waals surface area contributed by atoms with Crippen molar-refractivity contribution in [2.75, 3.05) is 0 Å². The van der Waals surface area contributed by atoms with Gasteiger partial charge in [0.15, 0.2) is 0 Å². The number of alkyl carbamates (subject to hydrolysis) is 1. The van der Waals surface area contributed by atoms with Crippen LogP contribution in [0.25, 0.3) is 10.9 Å². The second-order valence-corrected chi connectivity index (χ2v) is 9.37. The molecule has 0 aliphatic carbocycles. The molecule has 0 bridgehead atoms. The van der Waals surface area contributed by atoms with Crippen LogP contribution in [0.3, 0.4) is 0 Å². The van der Waals surface area contributed by atoms with Gasteiger partial charge in [-0.05, 0) is 38.0 Å². The van der Waals surface area contributed by atoms with Gasteiger partial charge in [-0.15, -0.1) is 10.2 Å². The minimum Gasteiger partial charge on any atom is -0.444 e. The molecular formula is C24H26N4O3S. The molecule has 4 rings (SSSR count). The van der Waals surface area contributed by atoms with Crippen LogP contribution in [-0.4, -0.2) is 26.9 Å². The van der Waals surface area contributed by atoms with Crippen LogP contribution in [-0.2, 0) is 16.9 Å². The maximum Gasteiger partial charge on any atom is 0.408 e. The number of H-pyrrole nitrogens is 1. The largest absolute Gasteiger partial charge is 0.444 e. The number of nitrogens with one attached hydrogen (secondary N) is 2. The zero-order valence-corrected chi connectivity index (χ0v) is 19.1. The van der Waals surface area contributed by atoms with Crippen molar-refractivity contribution in [3.8, 4) is 0 Å². The highest BCUT2D eigenvalue weighted by atomic mass is 32.2. The Morgan fingerprint density at radius 1 is 1.12 bits per heavy atom. The fraction of sp³-hybridized carbons (Fsp3) is 0.292. The molecule has 2 heterocycles. The maximum absolute atomic E-state index is 12.5. The summed E-state index contributed by atoms with van der Waals surface area (Å²) < 4.78 is 11.4. The Morgan fingerprint density at radius 3 is 2.66 bits per heavy atom. The minimum absolute atomic E-state index is 0.344. The Balaban J connectivity index is 1.53. The lowest BCUT2D eigenvalue weighted by Gasteiger charge is -2.22. The molecule has 2 N–H and O–H groups in total. The number of ether oxygens (including phenoxy) is 1. The molecule has 4 aromatic rings. The number of hydrogen-bond donors (Lipinski definition) is 2. The topological polar surface area (TPSA) is 93.0 Å². The fourth-order valence-corrected chi connectivity index (χ4v) is 4.03. The lowest BCUT2D eigenvalue weighted by atomic mass is 10.1. The molecule has 0 aliphatic rings. The molecule has 0 fully saturated rings. The van der Waals surface area contributed by atoms with Crippen molar-refractivity contribution in [1.82, 2.24) is 20.5 Å². The zero-order valence-electron chi connectivity index (χ0n) is 18.3. The monoisotopic (exact) mass is 450 g/mol. The third-order valence-corrected chi connectivity index (χ3v) is 5.60. The SMILES string of the molecule is CC(C)(C)OC(=O)N[C@@H](Cc1c[nH]c2ccccc12)c1nnc(SCc2ccccc2)o1. The van der Waals surface area contributed by atoms with E-state index in [1.807, 2.05) is 81.6 Å². The standard InChI is InChI=1S/C24H26N4O3S/c1-24(2,3)31-22(29)26-20(13-17-14-25-19-12-8-7-11-18(17)19)21-27-28-23(30-21)32-15-16-9-5-4-6-10-16/h4-12,14,20,25H,13,15H2,1-3H3,(H,26,29)/t20-/m0/s1. The normalized spacial score (nSPS) is 12.6. The lowest BCUT2D eigenvalue weighted by molar-refractivity contribution is 0.0494. The molecule has 0 saturated heterocycles. The average Bonchev–Trinajstić information content (AvgIpc) is 3.39. The highest BCUT2D eigenvalue weighted by Gasteiger charge is 2.26. The van der Waals surface area contributed by atoms with Crippen molar-refractivity contribution in [2.45, 2.75) is 49.8 Å². The molecule has 2 aromatic carbocycles. The fourth-order valence-electron chi connectivity index (χ4n) is 3.31. The molecule has 1 amide bonds. The number of nitrogens with zero attached hydrogens (tertiary/aromatic N) is 2. The Hall–Kier alpha value is -3.26. The van der Waals surface area contributed by atoms with Crippen LogP contribution in [0.1, 0.15) is 43.8 Å². The van der Waals surface area contributed by atoms with Gasteiger partial charge in [-0.2, -0.15) is 0 Å². The van der Waals surface area contributed by atoms with Gasteiger partial charge in [0, 0.05) is 29.3 Å². The third-order valence-electron chi connectivity index (χ3n) is 4.72. The van der Waals surface area contributed by atoms with Crippen LogP contribution >= 0.6 is 11.8 Å². The summed E-state index contributed by atoms with van der Waals surface area (Å²) >= 11 is 1.46.